The lowest BCUT2D eigenvalue weighted by molar-refractivity contribution is 0.896. The van der Waals surface area contributed by atoms with Crippen LogP contribution in [0.4, 0.5) is 0 Å². The van der Waals surface area contributed by atoms with Gasteiger partial charge >= 0.3 is 0 Å². The maximum Gasteiger partial charge on any atom is -0.0255 e. The second-order valence-corrected chi connectivity index (χ2v) is 14.7. The summed E-state index contributed by atoms with van der Waals surface area (Å²) in [4.78, 5) is 0. The smallest absolute Gasteiger partial charge is 0.0255 e. The highest BCUT2D eigenvalue weighted by Crippen LogP contribution is 2.21. The highest BCUT2D eigenvalue weighted by molar-refractivity contribution is 9.37. The van der Waals surface area contributed by atoms with Crippen molar-refractivity contribution in [2.45, 2.75) is 79.1 Å². The summed E-state index contributed by atoms with van der Waals surface area (Å²) in [6.45, 7) is 8.86. The van der Waals surface area contributed by atoms with Gasteiger partial charge in [0, 0.05) is 0 Å². The Kier molecular flexibility index (Phi) is 66.4. The molecule has 152 valence electrons. The quantitative estimate of drug-likeness (QED) is 0.143. The molecule has 0 saturated heterocycles. The van der Waals surface area contributed by atoms with Crippen LogP contribution < -0.4 is 0 Å². The minimum absolute atomic E-state index is 0.977. The van der Waals surface area contributed by atoms with Crippen molar-refractivity contribution in [2.75, 3.05) is 24.6 Å². The largest absolute Gasteiger partial charge is 0.0654 e. The molecule has 0 aliphatic heterocycles. The third kappa shape index (κ3) is 63.6. The van der Waals surface area contributed by atoms with Gasteiger partial charge in [0.15, 0.2) is 0 Å². The molecule has 0 aliphatic carbocycles. The zero-order valence-corrected chi connectivity index (χ0v) is 26.3. The van der Waals surface area contributed by atoms with Crippen molar-refractivity contribution in [3.05, 3.63) is 0 Å². The zero-order valence-electron chi connectivity index (χ0n) is 16.0. The number of hydrogen-bond donors (Lipinski definition) is 0. The van der Waals surface area contributed by atoms with E-state index in [2.05, 4.69) is 89.7 Å². The van der Waals surface area contributed by atoms with Gasteiger partial charge in [-0.1, -0.05) is 144 Å². The number of hydrogen-bond acceptors (Lipinski definition) is 0. The Morgan fingerprint density at radius 2 is 0.583 bits per heavy atom. The van der Waals surface area contributed by atoms with E-state index in [0.29, 0.717) is 0 Å². The van der Waals surface area contributed by atoms with Gasteiger partial charge in [-0.05, 0) is 50.3 Å². The van der Waals surface area contributed by atoms with Crippen LogP contribution >= 0.6 is 91.1 Å². The number of rotatable bonds is 12. The van der Waals surface area contributed by atoms with E-state index in [-0.39, 0.29) is 0 Å². The predicted octanol–water partition coefficient (Wildman–Crippen LogP) is 11.1. The topological polar surface area (TPSA) is 0 Å². The summed E-state index contributed by atoms with van der Waals surface area (Å²) in [5.41, 5.74) is 0. The van der Waals surface area contributed by atoms with Gasteiger partial charge < -0.3 is 0 Å². The molecule has 0 saturated carbocycles. The first-order chi connectivity index (χ1) is 11.7. The molecular weight excluding hydrogens is 636 g/mol. The molecule has 0 bridgehead atoms. The second-order valence-electron chi connectivity index (χ2n) is 4.95. The van der Waals surface area contributed by atoms with E-state index < -0.39 is 0 Å². The molecule has 0 aliphatic rings. The van der Waals surface area contributed by atoms with Crippen LogP contribution in [0, 0.1) is 0 Å². The van der Waals surface area contributed by atoms with Crippen LogP contribution in [0.5, 0.6) is 0 Å². The van der Waals surface area contributed by atoms with Gasteiger partial charge in [0.05, 0.1) is 0 Å². The highest BCUT2D eigenvalue weighted by Gasteiger charge is 1.78. The van der Waals surface area contributed by atoms with Gasteiger partial charge in [-0.2, -0.15) is 0 Å². The molecule has 4 unspecified atom stereocenters. The van der Waals surface area contributed by atoms with Crippen LogP contribution in [-0.2, 0) is 0 Å². The molecule has 0 rings (SSSR count). The minimum atomic E-state index is 0.977. The van der Waals surface area contributed by atoms with Crippen molar-refractivity contribution >= 4 is 91.1 Å². The van der Waals surface area contributed by atoms with Crippen molar-refractivity contribution in [2.24, 2.45) is 0 Å². The Morgan fingerprint density at radius 3 is 0.625 bits per heavy atom. The summed E-state index contributed by atoms with van der Waals surface area (Å²) in [6.07, 6.45) is 16.3. The average Bonchev–Trinajstić information content (AvgIpc) is 2.62. The summed E-state index contributed by atoms with van der Waals surface area (Å²) in [5, 5.41) is 0. The summed E-state index contributed by atoms with van der Waals surface area (Å²) in [7, 11) is 3.91. The monoisotopic (exact) mass is 672 g/mol. The molecule has 0 aromatic heterocycles. The molecule has 0 aromatic carbocycles. The van der Waals surface area contributed by atoms with E-state index in [1.165, 1.54) is 76.0 Å². The molecule has 0 aromatic rings. The van der Waals surface area contributed by atoms with Crippen LogP contribution in [0.3, 0.4) is 0 Å². The van der Waals surface area contributed by atoms with Crippen LogP contribution in [0.15, 0.2) is 0 Å². The molecular formula is C16H40Br4P4. The molecule has 0 N–H and O–H groups in total. The maximum absolute atomic E-state index is 3.38. The van der Waals surface area contributed by atoms with E-state index in [0.717, 1.165) is 29.1 Å². The van der Waals surface area contributed by atoms with Gasteiger partial charge in [0.25, 0.3) is 0 Å². The Labute approximate surface area is 193 Å². The highest BCUT2D eigenvalue weighted by atomic mass is 79.9. The lowest BCUT2D eigenvalue weighted by Crippen LogP contribution is -1.66. The SMILES string of the molecule is CCCCPBr.CCCCPBr.CCCCPBr.CCCCPBr. The third-order valence-corrected chi connectivity index (χ3v) is 9.43. The Balaban J connectivity index is -0.000000111. The van der Waals surface area contributed by atoms with Crippen LogP contribution in [0.25, 0.3) is 0 Å². The maximum atomic E-state index is 3.38. The molecule has 0 heterocycles. The first kappa shape index (κ1) is 35.1. The third-order valence-electron chi connectivity index (χ3n) is 2.50. The molecule has 24 heavy (non-hydrogen) atoms. The minimum Gasteiger partial charge on any atom is -0.0654 e. The summed E-state index contributed by atoms with van der Waals surface area (Å²) < 4.78 is 0. The van der Waals surface area contributed by atoms with Gasteiger partial charge in [-0.15, -0.1) is 0 Å². The predicted molar refractivity (Wildman–Crippen MR) is 148 cm³/mol. The fraction of sp³-hybridized carbons (Fsp3) is 1.00. The van der Waals surface area contributed by atoms with Gasteiger partial charge in [0.1, 0.15) is 0 Å². The lowest BCUT2D eigenvalue weighted by Gasteiger charge is -1.85. The standard InChI is InChI=1S/4C4H10BrP/c4*1-2-3-4-6-5/h4*6H,2-4H2,1H3. The molecule has 8 heteroatoms. The van der Waals surface area contributed by atoms with Crippen LogP contribution in [0.1, 0.15) is 79.1 Å². The van der Waals surface area contributed by atoms with Crippen molar-refractivity contribution in [1.29, 1.82) is 0 Å². The summed E-state index contributed by atoms with van der Waals surface area (Å²) in [5.74, 6) is 0. The van der Waals surface area contributed by atoms with Crippen LogP contribution in [0.2, 0.25) is 0 Å². The average molecular weight is 676 g/mol. The Bertz CT molecular complexity index is 110. The molecule has 0 nitrogen and oxygen atoms in total. The van der Waals surface area contributed by atoms with Gasteiger partial charge in [-0.25, -0.2) is 0 Å². The fourth-order valence-corrected chi connectivity index (χ4v) is 6.29. The zero-order chi connectivity index (χ0) is 19.3. The van der Waals surface area contributed by atoms with E-state index in [1.807, 2.05) is 0 Å². The van der Waals surface area contributed by atoms with Crippen molar-refractivity contribution in [3.8, 4) is 0 Å². The molecule has 0 spiro atoms. The molecule has 0 fully saturated rings. The van der Waals surface area contributed by atoms with E-state index in [1.54, 1.807) is 0 Å². The molecule has 0 amide bonds. The number of halogens is 4. The van der Waals surface area contributed by atoms with Crippen molar-refractivity contribution < 1.29 is 0 Å². The van der Waals surface area contributed by atoms with E-state index in [9.17, 15) is 0 Å². The van der Waals surface area contributed by atoms with Crippen molar-refractivity contribution in [1.82, 2.24) is 0 Å². The van der Waals surface area contributed by atoms with Crippen LogP contribution in [-0.4, -0.2) is 24.6 Å². The summed E-state index contributed by atoms with van der Waals surface area (Å²) >= 11 is 13.5. The normalized spacial score (nSPS) is 11.0. The first-order valence-corrected chi connectivity index (χ1v) is 22.9. The van der Waals surface area contributed by atoms with Gasteiger partial charge in [-0.3, -0.25) is 0 Å². The second kappa shape index (κ2) is 45.4. The lowest BCUT2D eigenvalue weighted by atomic mass is 10.4. The van der Waals surface area contributed by atoms with E-state index in [4.69, 9.17) is 0 Å². The van der Waals surface area contributed by atoms with Crippen molar-refractivity contribution in [3.63, 3.8) is 0 Å². The number of unbranched alkanes of at least 4 members (excludes halogenated alkanes) is 4. The Morgan fingerprint density at radius 1 is 0.417 bits per heavy atom. The Hall–Kier alpha value is 3.64. The van der Waals surface area contributed by atoms with Gasteiger partial charge in [0.2, 0.25) is 0 Å². The fourth-order valence-electron chi connectivity index (χ4n) is 0.974. The van der Waals surface area contributed by atoms with E-state index >= 15 is 0 Å². The molecule has 0 radical (unpaired) electrons. The first-order valence-electron chi connectivity index (χ1n) is 9.00. The summed E-state index contributed by atoms with van der Waals surface area (Å²) in [6, 6.07) is 0. The molecule has 4 atom stereocenters.